The normalized spacial score (nSPS) is 12.5. The summed E-state index contributed by atoms with van der Waals surface area (Å²) in [5.74, 6) is -0.620. The van der Waals surface area contributed by atoms with Gasteiger partial charge < -0.3 is 10.5 Å². The number of nitrogens with two attached hydrogens (primary N) is 1. The first kappa shape index (κ1) is 16.7. The molecule has 1 rings (SSSR count). The van der Waals surface area contributed by atoms with Gasteiger partial charge >= 0.3 is 12.1 Å². The molecule has 0 amide bonds. The van der Waals surface area contributed by atoms with Crippen LogP contribution in [0.1, 0.15) is 11.3 Å². The summed E-state index contributed by atoms with van der Waals surface area (Å²) in [5, 5.41) is 0. The van der Waals surface area contributed by atoms with E-state index in [9.17, 15) is 18.0 Å². The molecular weight excluding hydrogens is 273 g/mol. The van der Waals surface area contributed by atoms with Gasteiger partial charge in [-0.1, -0.05) is 6.07 Å². The van der Waals surface area contributed by atoms with E-state index in [1.165, 1.54) is 13.2 Å². The standard InChI is InChI=1S/C10H11F3N2O2.ClH/c1-17-9(16)7(14)4-6-2-3-8(15-5-6)10(11,12)13;/h2-3,5,7H,4,14H2,1H3;1H. The van der Waals surface area contributed by atoms with E-state index in [4.69, 9.17) is 5.73 Å². The van der Waals surface area contributed by atoms with Crippen molar-refractivity contribution >= 4 is 18.4 Å². The van der Waals surface area contributed by atoms with E-state index < -0.39 is 23.9 Å². The smallest absolute Gasteiger partial charge is 0.433 e. The van der Waals surface area contributed by atoms with Crippen LogP contribution in [0.2, 0.25) is 0 Å². The topological polar surface area (TPSA) is 65.2 Å². The third kappa shape index (κ3) is 4.50. The van der Waals surface area contributed by atoms with Crippen LogP contribution in [0.4, 0.5) is 13.2 Å². The zero-order valence-electron chi connectivity index (χ0n) is 9.40. The summed E-state index contributed by atoms with van der Waals surface area (Å²) in [5.41, 5.74) is 4.92. The lowest BCUT2D eigenvalue weighted by Gasteiger charge is -2.10. The monoisotopic (exact) mass is 284 g/mol. The highest BCUT2D eigenvalue weighted by atomic mass is 35.5. The van der Waals surface area contributed by atoms with Crippen molar-refractivity contribution in [2.24, 2.45) is 5.73 Å². The number of halogens is 4. The maximum absolute atomic E-state index is 12.2. The van der Waals surface area contributed by atoms with Crippen molar-refractivity contribution in [1.29, 1.82) is 0 Å². The van der Waals surface area contributed by atoms with Crippen LogP contribution in [0.25, 0.3) is 0 Å². The van der Waals surface area contributed by atoms with Crippen LogP contribution < -0.4 is 5.73 Å². The molecule has 0 fully saturated rings. The molecule has 0 bridgehead atoms. The molecule has 0 aliphatic heterocycles. The van der Waals surface area contributed by atoms with Crippen LogP contribution in [-0.4, -0.2) is 24.1 Å². The predicted octanol–water partition coefficient (Wildman–Crippen LogP) is 1.56. The van der Waals surface area contributed by atoms with Crippen molar-refractivity contribution < 1.29 is 22.7 Å². The van der Waals surface area contributed by atoms with Gasteiger partial charge in [-0.05, 0) is 18.1 Å². The summed E-state index contributed by atoms with van der Waals surface area (Å²) < 4.78 is 41.0. The molecule has 4 nitrogen and oxygen atoms in total. The molecule has 0 aliphatic carbocycles. The van der Waals surface area contributed by atoms with Crippen molar-refractivity contribution in [2.45, 2.75) is 18.6 Å². The summed E-state index contributed by atoms with van der Waals surface area (Å²) in [7, 11) is 1.19. The minimum absolute atomic E-state index is 0. The number of rotatable bonds is 3. The number of ether oxygens (including phenoxy) is 1. The summed E-state index contributed by atoms with van der Waals surface area (Å²) in [6, 6.07) is 1.18. The minimum atomic E-state index is -4.47. The van der Waals surface area contributed by atoms with E-state index in [1.807, 2.05) is 0 Å². The minimum Gasteiger partial charge on any atom is -0.468 e. The number of nitrogens with zero attached hydrogens (tertiary/aromatic N) is 1. The van der Waals surface area contributed by atoms with Gasteiger partial charge in [-0.2, -0.15) is 13.2 Å². The van der Waals surface area contributed by atoms with Gasteiger partial charge in [0.1, 0.15) is 11.7 Å². The van der Waals surface area contributed by atoms with Crippen molar-refractivity contribution in [3.05, 3.63) is 29.6 Å². The molecule has 8 heteroatoms. The molecule has 0 saturated heterocycles. The zero-order valence-corrected chi connectivity index (χ0v) is 10.2. The fourth-order valence-electron chi connectivity index (χ4n) is 1.20. The van der Waals surface area contributed by atoms with Crippen molar-refractivity contribution in [2.75, 3.05) is 7.11 Å². The first-order valence-electron chi connectivity index (χ1n) is 4.70. The molecule has 1 atom stereocenters. The first-order valence-corrected chi connectivity index (χ1v) is 4.70. The van der Waals surface area contributed by atoms with E-state index in [0.717, 1.165) is 12.3 Å². The number of hydrogen-bond acceptors (Lipinski definition) is 4. The lowest BCUT2D eigenvalue weighted by molar-refractivity contribution is -0.142. The van der Waals surface area contributed by atoms with Gasteiger partial charge in [0, 0.05) is 6.20 Å². The molecule has 1 unspecified atom stereocenters. The van der Waals surface area contributed by atoms with Gasteiger partial charge in [0.2, 0.25) is 0 Å². The Bertz CT molecular complexity index is 395. The molecular formula is C10H12ClF3N2O2. The van der Waals surface area contributed by atoms with E-state index >= 15 is 0 Å². The molecule has 1 aromatic rings. The molecule has 2 N–H and O–H groups in total. The predicted molar refractivity (Wildman–Crippen MR) is 60.2 cm³/mol. The number of aromatic nitrogens is 1. The van der Waals surface area contributed by atoms with Gasteiger partial charge in [-0.25, -0.2) is 0 Å². The van der Waals surface area contributed by atoms with Gasteiger partial charge in [0.05, 0.1) is 7.11 Å². The molecule has 0 aliphatic rings. The van der Waals surface area contributed by atoms with Crippen LogP contribution >= 0.6 is 12.4 Å². The molecule has 1 heterocycles. The Morgan fingerprint density at radius 3 is 2.50 bits per heavy atom. The Morgan fingerprint density at radius 1 is 1.50 bits per heavy atom. The van der Waals surface area contributed by atoms with E-state index in [0.29, 0.717) is 5.56 Å². The molecule has 0 saturated carbocycles. The third-order valence-corrected chi connectivity index (χ3v) is 2.07. The number of methoxy groups -OCH3 is 1. The van der Waals surface area contributed by atoms with Gasteiger partial charge in [0.15, 0.2) is 0 Å². The quantitative estimate of drug-likeness (QED) is 0.856. The van der Waals surface area contributed by atoms with E-state index in [2.05, 4.69) is 9.72 Å². The SMILES string of the molecule is COC(=O)C(N)Cc1ccc(C(F)(F)F)nc1.Cl. The summed E-state index contributed by atoms with van der Waals surface area (Å²) in [6.07, 6.45) is -3.34. The lowest BCUT2D eigenvalue weighted by atomic mass is 10.1. The summed E-state index contributed by atoms with van der Waals surface area (Å²) in [6.45, 7) is 0. The molecule has 0 spiro atoms. The number of esters is 1. The average Bonchev–Trinajstić information content (AvgIpc) is 2.27. The highest BCUT2D eigenvalue weighted by Crippen LogP contribution is 2.27. The highest BCUT2D eigenvalue weighted by molar-refractivity contribution is 5.85. The van der Waals surface area contributed by atoms with Crippen LogP contribution in [0.5, 0.6) is 0 Å². The van der Waals surface area contributed by atoms with Gasteiger partial charge in [-0.3, -0.25) is 9.78 Å². The number of alkyl halides is 3. The first-order chi connectivity index (χ1) is 7.84. The van der Waals surface area contributed by atoms with Crippen molar-refractivity contribution in [3.63, 3.8) is 0 Å². The van der Waals surface area contributed by atoms with E-state index in [-0.39, 0.29) is 18.8 Å². The molecule has 102 valence electrons. The Morgan fingerprint density at radius 2 is 2.11 bits per heavy atom. The molecule has 0 aromatic carbocycles. The Kier molecular flexibility index (Phi) is 6.07. The summed E-state index contributed by atoms with van der Waals surface area (Å²) in [4.78, 5) is 14.3. The zero-order chi connectivity index (χ0) is 13.1. The number of pyridine rings is 1. The Balaban J connectivity index is 0.00000289. The van der Waals surface area contributed by atoms with Crippen LogP contribution in [0.15, 0.2) is 18.3 Å². The van der Waals surface area contributed by atoms with Crippen LogP contribution in [0.3, 0.4) is 0 Å². The maximum Gasteiger partial charge on any atom is 0.433 e. The number of carbonyl (C=O) groups excluding carboxylic acids is 1. The maximum atomic E-state index is 12.2. The molecule has 0 radical (unpaired) electrons. The summed E-state index contributed by atoms with van der Waals surface area (Å²) >= 11 is 0. The average molecular weight is 285 g/mol. The number of hydrogen-bond donors (Lipinski definition) is 1. The van der Waals surface area contributed by atoms with Gasteiger partial charge in [0.25, 0.3) is 0 Å². The lowest BCUT2D eigenvalue weighted by Crippen LogP contribution is -2.33. The third-order valence-electron chi connectivity index (χ3n) is 2.07. The Labute approximate surface area is 108 Å². The largest absolute Gasteiger partial charge is 0.468 e. The fraction of sp³-hybridized carbons (Fsp3) is 0.400. The second kappa shape index (κ2) is 6.55. The van der Waals surface area contributed by atoms with Crippen molar-refractivity contribution in [3.8, 4) is 0 Å². The number of carbonyl (C=O) groups is 1. The van der Waals surface area contributed by atoms with E-state index in [1.54, 1.807) is 0 Å². The highest BCUT2D eigenvalue weighted by Gasteiger charge is 2.32. The second-order valence-electron chi connectivity index (χ2n) is 3.38. The van der Waals surface area contributed by atoms with Crippen LogP contribution in [0, 0.1) is 0 Å². The van der Waals surface area contributed by atoms with Gasteiger partial charge in [-0.15, -0.1) is 12.4 Å². The fourth-order valence-corrected chi connectivity index (χ4v) is 1.20. The van der Waals surface area contributed by atoms with Crippen LogP contribution in [-0.2, 0) is 22.1 Å². The Hall–Kier alpha value is -1.34. The van der Waals surface area contributed by atoms with Crippen molar-refractivity contribution in [1.82, 2.24) is 4.98 Å². The molecule has 18 heavy (non-hydrogen) atoms. The molecule has 1 aromatic heterocycles. The second-order valence-corrected chi connectivity index (χ2v) is 3.38.